The standard InChI is InChI=1S/C23H25ClN6O2/c1-23(2,3)21-27-26-20-19-18(12-17(13-25-19)28-8-10-32-11-9-28)29(22(31)30(20)21)14-15-4-6-16(24)7-5-15/h4-7,12-13H,8-11,14H2,1-3H3. The number of nitrogens with zero attached hydrogens (tertiary/aromatic N) is 6. The van der Waals surface area contributed by atoms with E-state index in [0.29, 0.717) is 41.8 Å². The van der Waals surface area contributed by atoms with E-state index in [0.717, 1.165) is 29.9 Å². The first-order valence-electron chi connectivity index (χ1n) is 10.7. The van der Waals surface area contributed by atoms with Crippen molar-refractivity contribution >= 4 is 34.0 Å². The van der Waals surface area contributed by atoms with Crippen LogP contribution in [-0.2, 0) is 16.7 Å². The number of aromatic nitrogens is 5. The third kappa shape index (κ3) is 3.63. The van der Waals surface area contributed by atoms with E-state index in [-0.39, 0.29) is 11.1 Å². The molecule has 0 radical (unpaired) electrons. The highest BCUT2D eigenvalue weighted by molar-refractivity contribution is 6.30. The third-order valence-corrected chi connectivity index (χ3v) is 5.99. The van der Waals surface area contributed by atoms with Gasteiger partial charge in [-0.2, -0.15) is 0 Å². The van der Waals surface area contributed by atoms with Crippen molar-refractivity contribution < 1.29 is 4.74 Å². The van der Waals surface area contributed by atoms with Crippen LogP contribution in [0.1, 0.15) is 32.2 Å². The van der Waals surface area contributed by atoms with E-state index in [4.69, 9.17) is 21.3 Å². The van der Waals surface area contributed by atoms with E-state index in [9.17, 15) is 4.79 Å². The number of anilines is 1. The maximum Gasteiger partial charge on any atom is 0.336 e. The van der Waals surface area contributed by atoms with Gasteiger partial charge in [-0.05, 0) is 23.8 Å². The Bertz CT molecular complexity index is 1350. The van der Waals surface area contributed by atoms with Gasteiger partial charge in [0.1, 0.15) is 11.3 Å². The number of halogens is 1. The van der Waals surface area contributed by atoms with Crippen molar-refractivity contribution in [2.45, 2.75) is 32.7 Å². The van der Waals surface area contributed by atoms with Crippen LogP contribution in [0.15, 0.2) is 41.3 Å². The summed E-state index contributed by atoms with van der Waals surface area (Å²) in [6, 6.07) is 9.55. The van der Waals surface area contributed by atoms with Gasteiger partial charge in [0.25, 0.3) is 0 Å². The molecule has 32 heavy (non-hydrogen) atoms. The van der Waals surface area contributed by atoms with Crippen LogP contribution in [0.2, 0.25) is 5.02 Å². The molecule has 1 aliphatic rings. The number of hydrogen-bond donors (Lipinski definition) is 0. The van der Waals surface area contributed by atoms with Gasteiger partial charge in [-0.15, -0.1) is 10.2 Å². The van der Waals surface area contributed by atoms with Crippen molar-refractivity contribution in [3.05, 3.63) is 63.4 Å². The molecule has 0 bridgehead atoms. The topological polar surface area (TPSA) is 77.5 Å². The average Bonchev–Trinajstić information content (AvgIpc) is 3.24. The van der Waals surface area contributed by atoms with Crippen molar-refractivity contribution in [1.82, 2.24) is 24.1 Å². The highest BCUT2D eigenvalue weighted by atomic mass is 35.5. The largest absolute Gasteiger partial charge is 0.378 e. The number of fused-ring (bicyclic) bond motifs is 3. The minimum Gasteiger partial charge on any atom is -0.378 e. The van der Waals surface area contributed by atoms with Gasteiger partial charge < -0.3 is 9.64 Å². The monoisotopic (exact) mass is 452 g/mol. The zero-order valence-corrected chi connectivity index (χ0v) is 19.1. The second kappa shape index (κ2) is 7.86. The molecule has 0 spiro atoms. The quantitative estimate of drug-likeness (QED) is 0.474. The third-order valence-electron chi connectivity index (χ3n) is 5.74. The summed E-state index contributed by atoms with van der Waals surface area (Å²) >= 11 is 6.07. The van der Waals surface area contributed by atoms with E-state index in [1.807, 2.05) is 57.3 Å². The van der Waals surface area contributed by atoms with Crippen LogP contribution in [0.25, 0.3) is 16.7 Å². The van der Waals surface area contributed by atoms with Gasteiger partial charge in [0.2, 0.25) is 0 Å². The predicted molar refractivity (Wildman–Crippen MR) is 125 cm³/mol. The Morgan fingerprint density at radius 2 is 1.81 bits per heavy atom. The average molecular weight is 453 g/mol. The van der Waals surface area contributed by atoms with E-state index in [2.05, 4.69) is 15.1 Å². The smallest absolute Gasteiger partial charge is 0.336 e. The zero-order valence-electron chi connectivity index (χ0n) is 18.4. The molecule has 0 unspecified atom stereocenters. The predicted octanol–water partition coefficient (Wildman–Crippen LogP) is 3.28. The van der Waals surface area contributed by atoms with Crippen LogP contribution in [0.4, 0.5) is 5.69 Å². The van der Waals surface area contributed by atoms with Crippen LogP contribution in [-0.4, -0.2) is 50.5 Å². The van der Waals surface area contributed by atoms with Crippen LogP contribution < -0.4 is 10.6 Å². The number of ether oxygens (including phenoxy) is 1. The van der Waals surface area contributed by atoms with Crippen LogP contribution in [0, 0.1) is 0 Å². The van der Waals surface area contributed by atoms with Crippen LogP contribution >= 0.6 is 11.6 Å². The number of rotatable bonds is 3. The van der Waals surface area contributed by atoms with Crippen molar-refractivity contribution in [2.75, 3.05) is 31.2 Å². The van der Waals surface area contributed by atoms with Gasteiger partial charge in [0.15, 0.2) is 5.65 Å². The summed E-state index contributed by atoms with van der Waals surface area (Å²) < 4.78 is 8.83. The molecular weight excluding hydrogens is 428 g/mol. The first-order valence-corrected chi connectivity index (χ1v) is 11.1. The molecule has 166 valence electrons. The van der Waals surface area contributed by atoms with Gasteiger partial charge in [-0.25, -0.2) is 14.2 Å². The van der Waals surface area contributed by atoms with Crippen LogP contribution in [0.5, 0.6) is 0 Å². The molecule has 0 amide bonds. The minimum atomic E-state index is -0.349. The number of pyridine rings is 1. The summed E-state index contributed by atoms with van der Waals surface area (Å²) in [7, 11) is 0. The Hall–Kier alpha value is -2.97. The zero-order chi connectivity index (χ0) is 22.5. The maximum atomic E-state index is 13.8. The van der Waals surface area contributed by atoms with Gasteiger partial charge in [-0.1, -0.05) is 44.5 Å². The maximum absolute atomic E-state index is 13.8. The second-order valence-electron chi connectivity index (χ2n) is 9.09. The van der Waals surface area contributed by atoms with Crippen molar-refractivity contribution in [1.29, 1.82) is 0 Å². The fourth-order valence-corrected chi connectivity index (χ4v) is 4.19. The molecule has 9 heteroatoms. The SMILES string of the molecule is CC(C)(C)c1nnc2c3ncc(N4CCOCC4)cc3n(Cc3ccc(Cl)cc3)c(=O)n12. The van der Waals surface area contributed by atoms with Crippen LogP contribution in [0.3, 0.4) is 0 Å². The van der Waals surface area contributed by atoms with E-state index >= 15 is 0 Å². The molecule has 8 nitrogen and oxygen atoms in total. The molecule has 1 fully saturated rings. The first-order chi connectivity index (χ1) is 15.3. The van der Waals surface area contributed by atoms with Gasteiger partial charge in [0.05, 0.1) is 37.2 Å². The Kier molecular flexibility index (Phi) is 5.14. The lowest BCUT2D eigenvalue weighted by Gasteiger charge is -2.28. The van der Waals surface area contributed by atoms with E-state index in [1.54, 1.807) is 8.97 Å². The summed E-state index contributed by atoms with van der Waals surface area (Å²) in [5, 5.41) is 9.39. The summed E-state index contributed by atoms with van der Waals surface area (Å²) in [6.45, 7) is 9.37. The molecule has 5 rings (SSSR count). The summed E-state index contributed by atoms with van der Waals surface area (Å²) in [4.78, 5) is 20.8. The number of hydrogen-bond acceptors (Lipinski definition) is 6. The van der Waals surface area contributed by atoms with Gasteiger partial charge in [-0.3, -0.25) is 4.57 Å². The van der Waals surface area contributed by atoms with Crippen molar-refractivity contribution in [3.8, 4) is 0 Å². The van der Waals surface area contributed by atoms with Crippen molar-refractivity contribution in [2.24, 2.45) is 0 Å². The molecule has 0 N–H and O–H groups in total. The fourth-order valence-electron chi connectivity index (χ4n) is 4.07. The highest BCUT2D eigenvalue weighted by Crippen LogP contribution is 2.26. The highest BCUT2D eigenvalue weighted by Gasteiger charge is 2.26. The van der Waals surface area contributed by atoms with Gasteiger partial charge in [0, 0.05) is 23.5 Å². The number of morpholine rings is 1. The molecule has 3 aromatic heterocycles. The molecule has 4 heterocycles. The van der Waals surface area contributed by atoms with Crippen molar-refractivity contribution in [3.63, 3.8) is 0 Å². The Labute approximate surface area is 190 Å². The molecule has 1 aromatic carbocycles. The molecule has 1 saturated heterocycles. The summed E-state index contributed by atoms with van der Waals surface area (Å²) in [5.74, 6) is 0.614. The van der Waals surface area contributed by atoms with Gasteiger partial charge >= 0.3 is 5.69 Å². The first kappa shape index (κ1) is 20.9. The Morgan fingerprint density at radius 1 is 1.09 bits per heavy atom. The molecule has 0 atom stereocenters. The molecular formula is C23H25ClN6O2. The molecule has 0 aliphatic carbocycles. The minimum absolute atomic E-state index is 0.182. The fraction of sp³-hybridized carbons (Fsp3) is 0.391. The molecule has 1 aliphatic heterocycles. The lowest BCUT2D eigenvalue weighted by molar-refractivity contribution is 0.122. The lowest BCUT2D eigenvalue weighted by atomic mass is 9.96. The second-order valence-corrected chi connectivity index (χ2v) is 9.52. The Morgan fingerprint density at radius 3 is 2.50 bits per heavy atom. The van der Waals surface area contributed by atoms with E-state index in [1.165, 1.54) is 0 Å². The molecule has 4 aromatic rings. The number of benzene rings is 1. The normalized spacial score (nSPS) is 15.1. The summed E-state index contributed by atoms with van der Waals surface area (Å²) in [5.41, 5.74) is 3.27. The Balaban J connectivity index is 1.77. The lowest BCUT2D eigenvalue weighted by Crippen LogP contribution is -2.36. The molecule has 0 saturated carbocycles. The summed E-state index contributed by atoms with van der Waals surface area (Å²) in [6.07, 6.45) is 1.84. The van der Waals surface area contributed by atoms with E-state index < -0.39 is 0 Å².